The third-order valence-corrected chi connectivity index (χ3v) is 7.15. The largest absolute Gasteiger partial charge is 0.497 e. The van der Waals surface area contributed by atoms with Gasteiger partial charge < -0.3 is 23.9 Å². The number of rotatable bonds is 4. The van der Waals surface area contributed by atoms with E-state index in [1.807, 2.05) is 65.1 Å². The van der Waals surface area contributed by atoms with Crippen LogP contribution in [0.2, 0.25) is 0 Å². The Kier molecular flexibility index (Phi) is 4.89. The van der Waals surface area contributed by atoms with E-state index in [2.05, 4.69) is 10.5 Å². The predicted molar refractivity (Wildman–Crippen MR) is 127 cm³/mol. The lowest BCUT2D eigenvalue weighted by molar-refractivity contribution is -0.136. The van der Waals surface area contributed by atoms with Gasteiger partial charge in [0.25, 0.3) is 11.8 Å². The molecule has 1 N–H and O–H groups in total. The van der Waals surface area contributed by atoms with Crippen molar-refractivity contribution in [1.29, 1.82) is 0 Å². The average Bonchev–Trinajstić information content (AvgIpc) is 3.62. The summed E-state index contributed by atoms with van der Waals surface area (Å²) in [6.07, 6.45) is 6.91. The number of methoxy groups -OCH3 is 1. The standard InChI is InChI=1S/C26H25N5O4/c1-17-22(15-35-28-17)24(32)30-11-12-31-25(33)23-13-19(18-7-9-27-10-8-18)14-29(23)16-26(30,31)20-3-5-21(34-2)6-4-20/h3-10,13-15,17,28H,11-12,16H2,1-2H3. The zero-order valence-electron chi connectivity index (χ0n) is 19.5. The lowest BCUT2D eigenvalue weighted by atomic mass is 9.93. The number of amides is 2. The molecular weight excluding hydrogens is 446 g/mol. The molecule has 3 aliphatic rings. The SMILES string of the molecule is COc1ccc(C23Cn4cc(-c5ccncc5)cc4C(=O)N2CCN3C(=O)C2=CONC2C)cc1. The number of aromatic nitrogens is 2. The van der Waals surface area contributed by atoms with Gasteiger partial charge in [0.15, 0.2) is 5.66 Å². The number of nitrogens with one attached hydrogen (secondary N) is 1. The second-order valence-electron chi connectivity index (χ2n) is 8.97. The number of carbonyl (C=O) groups is 2. The molecule has 0 spiro atoms. The van der Waals surface area contributed by atoms with E-state index < -0.39 is 5.66 Å². The summed E-state index contributed by atoms with van der Waals surface area (Å²) in [7, 11) is 1.61. The third-order valence-electron chi connectivity index (χ3n) is 7.15. The molecule has 0 aliphatic carbocycles. The molecule has 9 heteroatoms. The van der Waals surface area contributed by atoms with Crippen LogP contribution in [0.4, 0.5) is 0 Å². The molecule has 2 atom stereocenters. The van der Waals surface area contributed by atoms with Crippen LogP contribution in [0, 0.1) is 0 Å². The first-order valence-corrected chi connectivity index (χ1v) is 11.5. The Labute approximate surface area is 202 Å². The Morgan fingerprint density at radius 2 is 1.91 bits per heavy atom. The van der Waals surface area contributed by atoms with Gasteiger partial charge in [0.05, 0.1) is 25.3 Å². The second-order valence-corrected chi connectivity index (χ2v) is 8.97. The molecule has 5 heterocycles. The van der Waals surface area contributed by atoms with Crippen LogP contribution in [0.15, 0.2) is 72.9 Å². The molecule has 0 bridgehead atoms. The van der Waals surface area contributed by atoms with Crippen LogP contribution < -0.4 is 10.2 Å². The van der Waals surface area contributed by atoms with Gasteiger partial charge in [-0.15, -0.1) is 5.48 Å². The van der Waals surface area contributed by atoms with Gasteiger partial charge in [-0.1, -0.05) is 12.1 Å². The van der Waals surface area contributed by atoms with Gasteiger partial charge in [-0.3, -0.25) is 14.6 Å². The van der Waals surface area contributed by atoms with Gasteiger partial charge in [-0.2, -0.15) is 0 Å². The van der Waals surface area contributed by atoms with Gasteiger partial charge in [-0.25, -0.2) is 0 Å². The van der Waals surface area contributed by atoms with E-state index in [4.69, 9.17) is 9.57 Å². The van der Waals surface area contributed by atoms with Crippen molar-refractivity contribution < 1.29 is 19.2 Å². The maximum atomic E-state index is 13.9. The molecule has 35 heavy (non-hydrogen) atoms. The van der Waals surface area contributed by atoms with Crippen LogP contribution >= 0.6 is 0 Å². The van der Waals surface area contributed by atoms with Crippen LogP contribution in [0.5, 0.6) is 5.75 Å². The summed E-state index contributed by atoms with van der Waals surface area (Å²) in [5.74, 6) is 0.449. The van der Waals surface area contributed by atoms with Crippen molar-refractivity contribution in [2.24, 2.45) is 0 Å². The smallest absolute Gasteiger partial charge is 0.272 e. The molecule has 0 saturated carbocycles. The zero-order chi connectivity index (χ0) is 24.2. The topological polar surface area (TPSA) is 88.9 Å². The van der Waals surface area contributed by atoms with Crippen molar-refractivity contribution >= 4 is 11.8 Å². The van der Waals surface area contributed by atoms with Crippen molar-refractivity contribution in [3.05, 3.63) is 84.1 Å². The van der Waals surface area contributed by atoms with Crippen molar-refractivity contribution in [2.75, 3.05) is 20.2 Å². The van der Waals surface area contributed by atoms with E-state index in [-0.39, 0.29) is 17.9 Å². The summed E-state index contributed by atoms with van der Waals surface area (Å²) in [6, 6.07) is 13.1. The molecule has 2 aromatic heterocycles. The van der Waals surface area contributed by atoms with Crippen molar-refractivity contribution in [3.63, 3.8) is 0 Å². The van der Waals surface area contributed by atoms with Gasteiger partial charge in [-0.05, 0) is 42.8 Å². The van der Waals surface area contributed by atoms with Gasteiger partial charge in [0, 0.05) is 42.8 Å². The normalized spacial score (nSPS) is 23.0. The number of nitrogens with zero attached hydrogens (tertiary/aromatic N) is 4. The minimum Gasteiger partial charge on any atom is -0.497 e. The number of benzene rings is 1. The lowest BCUT2D eigenvalue weighted by Gasteiger charge is -2.47. The van der Waals surface area contributed by atoms with E-state index >= 15 is 0 Å². The fraction of sp³-hybridized carbons (Fsp3) is 0.269. The van der Waals surface area contributed by atoms with Crippen LogP contribution in [-0.2, 0) is 21.8 Å². The molecule has 3 aliphatic heterocycles. The molecule has 3 aromatic rings. The number of pyridine rings is 1. The van der Waals surface area contributed by atoms with E-state index in [1.54, 1.807) is 24.4 Å². The number of fused-ring (bicyclic) bond motifs is 2. The fourth-order valence-electron chi connectivity index (χ4n) is 5.34. The molecular formula is C26H25N5O4. The molecule has 9 nitrogen and oxygen atoms in total. The van der Waals surface area contributed by atoms with Gasteiger partial charge in [0.2, 0.25) is 0 Å². The number of hydrogen-bond acceptors (Lipinski definition) is 6. The molecule has 2 amide bonds. The van der Waals surface area contributed by atoms with E-state index in [0.29, 0.717) is 36.7 Å². The van der Waals surface area contributed by atoms with Gasteiger partial charge >= 0.3 is 0 Å². The minimum atomic E-state index is -0.981. The third kappa shape index (κ3) is 3.15. The van der Waals surface area contributed by atoms with E-state index in [9.17, 15) is 9.59 Å². The molecule has 1 fully saturated rings. The number of ether oxygens (including phenoxy) is 1. The quantitative estimate of drug-likeness (QED) is 0.629. The highest BCUT2D eigenvalue weighted by Gasteiger charge is 2.56. The van der Waals surface area contributed by atoms with Crippen molar-refractivity contribution in [1.82, 2.24) is 24.8 Å². The average molecular weight is 472 g/mol. The molecule has 1 saturated heterocycles. The highest BCUT2D eigenvalue weighted by molar-refractivity contribution is 5.99. The molecule has 1 aromatic carbocycles. The second kappa shape index (κ2) is 7.99. The Hall–Kier alpha value is -4.11. The maximum Gasteiger partial charge on any atom is 0.272 e. The highest BCUT2D eigenvalue weighted by Crippen LogP contribution is 2.45. The minimum absolute atomic E-state index is 0.106. The van der Waals surface area contributed by atoms with E-state index in [1.165, 1.54) is 6.26 Å². The van der Waals surface area contributed by atoms with Gasteiger partial charge in [0.1, 0.15) is 17.7 Å². The fourth-order valence-corrected chi connectivity index (χ4v) is 5.34. The highest BCUT2D eigenvalue weighted by atomic mass is 16.6. The summed E-state index contributed by atoms with van der Waals surface area (Å²) in [4.78, 5) is 40.6. The van der Waals surface area contributed by atoms with Crippen LogP contribution in [0.3, 0.4) is 0 Å². The first-order chi connectivity index (χ1) is 17.0. The number of hydrogen-bond donors (Lipinski definition) is 1. The van der Waals surface area contributed by atoms with Crippen LogP contribution in [0.1, 0.15) is 23.0 Å². The Bertz CT molecular complexity index is 1330. The molecule has 178 valence electrons. The Morgan fingerprint density at radius 3 is 2.60 bits per heavy atom. The molecule has 0 radical (unpaired) electrons. The number of carbonyl (C=O) groups excluding carboxylic acids is 2. The number of hydroxylamine groups is 1. The first kappa shape index (κ1) is 21.4. The first-order valence-electron chi connectivity index (χ1n) is 11.5. The summed E-state index contributed by atoms with van der Waals surface area (Å²) in [5, 5.41) is 0. The molecule has 6 rings (SSSR count). The van der Waals surface area contributed by atoms with Crippen molar-refractivity contribution in [3.8, 4) is 16.9 Å². The summed E-state index contributed by atoms with van der Waals surface area (Å²) < 4.78 is 7.32. The van der Waals surface area contributed by atoms with Crippen LogP contribution in [0.25, 0.3) is 11.1 Å². The monoisotopic (exact) mass is 471 g/mol. The van der Waals surface area contributed by atoms with Crippen LogP contribution in [-0.4, -0.2) is 57.4 Å². The molecule has 2 unspecified atom stereocenters. The Morgan fingerprint density at radius 1 is 1.14 bits per heavy atom. The summed E-state index contributed by atoms with van der Waals surface area (Å²) in [6.45, 7) is 3.14. The van der Waals surface area contributed by atoms with E-state index in [0.717, 1.165) is 16.7 Å². The predicted octanol–water partition coefficient (Wildman–Crippen LogP) is 2.52. The summed E-state index contributed by atoms with van der Waals surface area (Å²) >= 11 is 0. The Balaban J connectivity index is 1.49. The summed E-state index contributed by atoms with van der Waals surface area (Å²) in [5.41, 5.74) is 5.73. The zero-order valence-corrected chi connectivity index (χ0v) is 19.5. The maximum absolute atomic E-state index is 13.9. The lowest BCUT2D eigenvalue weighted by Crippen LogP contribution is -2.60. The van der Waals surface area contributed by atoms with Crippen molar-refractivity contribution in [2.45, 2.75) is 25.2 Å².